The lowest BCUT2D eigenvalue weighted by Crippen LogP contribution is -2.26. The van der Waals surface area contributed by atoms with Gasteiger partial charge in [-0.25, -0.2) is 9.78 Å². The first-order valence-electron chi connectivity index (χ1n) is 7.00. The van der Waals surface area contributed by atoms with Crippen molar-refractivity contribution in [2.45, 2.75) is 20.4 Å². The first-order chi connectivity index (χ1) is 10.9. The highest BCUT2D eigenvalue weighted by Gasteiger charge is 2.18. The molecule has 0 radical (unpaired) electrons. The predicted octanol–water partition coefficient (Wildman–Crippen LogP) is 2.50. The Morgan fingerprint density at radius 2 is 1.91 bits per heavy atom. The Bertz CT molecular complexity index is 709. The van der Waals surface area contributed by atoms with Crippen LogP contribution in [0.25, 0.3) is 0 Å². The molecule has 0 fully saturated rings. The highest BCUT2D eigenvalue weighted by molar-refractivity contribution is 7.13. The van der Waals surface area contributed by atoms with Gasteiger partial charge in [0.05, 0.1) is 10.7 Å². The first-order valence-corrected chi connectivity index (χ1v) is 7.81. The van der Waals surface area contributed by atoms with Crippen molar-refractivity contribution in [3.05, 3.63) is 45.4 Å². The van der Waals surface area contributed by atoms with Crippen LogP contribution >= 0.6 is 11.3 Å². The maximum atomic E-state index is 12.4. The average molecular weight is 334 g/mol. The van der Waals surface area contributed by atoms with E-state index in [1.54, 1.807) is 24.1 Å². The maximum Gasteiger partial charge on any atom is 0.341 e. The summed E-state index contributed by atoms with van der Waals surface area (Å²) >= 11 is 1.40. The molecule has 0 bridgehead atoms. The summed E-state index contributed by atoms with van der Waals surface area (Å²) in [6, 6.07) is 7.01. The minimum absolute atomic E-state index is 0.0562. The minimum atomic E-state index is -1.02. The van der Waals surface area contributed by atoms with Crippen LogP contribution in [0, 0.1) is 13.8 Å². The van der Waals surface area contributed by atoms with Crippen molar-refractivity contribution in [1.29, 1.82) is 0 Å². The number of rotatable bonds is 6. The monoisotopic (exact) mass is 334 g/mol. The standard InChI is InChI=1S/C16H18N2O4S/c1-10-15(23-11(2)17-10)16(21)18(3)8-12-4-6-13(7-5-12)22-9-14(19)20/h4-7H,8-9H2,1-3H3,(H,19,20). The van der Waals surface area contributed by atoms with Gasteiger partial charge in [0, 0.05) is 13.6 Å². The Hall–Kier alpha value is -2.41. The molecule has 23 heavy (non-hydrogen) atoms. The Morgan fingerprint density at radius 1 is 1.26 bits per heavy atom. The number of carboxylic acids is 1. The van der Waals surface area contributed by atoms with Gasteiger partial charge in [0.25, 0.3) is 5.91 Å². The van der Waals surface area contributed by atoms with E-state index in [-0.39, 0.29) is 12.5 Å². The zero-order valence-electron chi connectivity index (χ0n) is 13.2. The topological polar surface area (TPSA) is 79.7 Å². The van der Waals surface area contributed by atoms with Crippen molar-refractivity contribution in [2.24, 2.45) is 0 Å². The van der Waals surface area contributed by atoms with Crippen LogP contribution in [0.3, 0.4) is 0 Å². The molecular formula is C16H18N2O4S. The SMILES string of the molecule is Cc1nc(C)c(C(=O)N(C)Cc2ccc(OCC(=O)O)cc2)s1. The number of aryl methyl sites for hydroxylation is 2. The second-order valence-electron chi connectivity index (χ2n) is 5.13. The molecule has 1 amide bonds. The molecule has 0 aliphatic carbocycles. The second kappa shape index (κ2) is 7.23. The zero-order valence-corrected chi connectivity index (χ0v) is 14.0. The number of ether oxygens (including phenoxy) is 1. The Balaban J connectivity index is 1.99. The van der Waals surface area contributed by atoms with E-state index in [2.05, 4.69) is 4.98 Å². The van der Waals surface area contributed by atoms with Crippen LogP contribution in [0.15, 0.2) is 24.3 Å². The molecule has 0 saturated carbocycles. The van der Waals surface area contributed by atoms with Crippen molar-refractivity contribution in [2.75, 3.05) is 13.7 Å². The van der Waals surface area contributed by atoms with Crippen LogP contribution in [-0.4, -0.2) is 40.5 Å². The molecule has 2 rings (SSSR count). The molecule has 0 atom stereocenters. The summed E-state index contributed by atoms with van der Waals surface area (Å²) in [6.07, 6.45) is 0. The summed E-state index contributed by atoms with van der Waals surface area (Å²) < 4.78 is 5.08. The van der Waals surface area contributed by atoms with E-state index in [0.717, 1.165) is 16.3 Å². The maximum absolute atomic E-state index is 12.4. The molecule has 0 aliphatic rings. The molecule has 122 valence electrons. The predicted molar refractivity (Wildman–Crippen MR) is 87.0 cm³/mol. The van der Waals surface area contributed by atoms with Crippen LogP contribution in [0.5, 0.6) is 5.75 Å². The van der Waals surface area contributed by atoms with E-state index in [1.165, 1.54) is 11.3 Å². The molecule has 1 heterocycles. The molecule has 1 aromatic carbocycles. The molecule has 1 aromatic heterocycles. The van der Waals surface area contributed by atoms with Crippen LogP contribution in [0.1, 0.15) is 25.9 Å². The number of carboxylic acid groups (broad SMARTS) is 1. The number of carbonyl (C=O) groups is 2. The van der Waals surface area contributed by atoms with Gasteiger partial charge in [0.1, 0.15) is 10.6 Å². The normalized spacial score (nSPS) is 10.4. The van der Waals surface area contributed by atoms with Crippen LogP contribution in [0.4, 0.5) is 0 Å². The van der Waals surface area contributed by atoms with E-state index in [1.807, 2.05) is 26.0 Å². The number of aromatic nitrogens is 1. The van der Waals surface area contributed by atoms with Crippen molar-refractivity contribution in [3.63, 3.8) is 0 Å². The number of aliphatic carboxylic acids is 1. The largest absolute Gasteiger partial charge is 0.482 e. The molecular weight excluding hydrogens is 316 g/mol. The van der Waals surface area contributed by atoms with Gasteiger partial charge in [-0.1, -0.05) is 12.1 Å². The number of hydrogen-bond donors (Lipinski definition) is 1. The van der Waals surface area contributed by atoms with E-state index >= 15 is 0 Å². The summed E-state index contributed by atoms with van der Waals surface area (Å²) in [7, 11) is 1.74. The molecule has 2 aromatic rings. The number of benzene rings is 1. The van der Waals surface area contributed by atoms with Gasteiger partial charge in [-0.05, 0) is 31.5 Å². The first kappa shape index (κ1) is 17.0. The quantitative estimate of drug-likeness (QED) is 0.878. The molecule has 0 unspecified atom stereocenters. The van der Waals surface area contributed by atoms with Gasteiger partial charge >= 0.3 is 5.97 Å². The highest BCUT2D eigenvalue weighted by Crippen LogP contribution is 2.20. The number of thiazole rings is 1. The number of carbonyl (C=O) groups excluding carboxylic acids is 1. The second-order valence-corrected chi connectivity index (χ2v) is 6.34. The van der Waals surface area contributed by atoms with Gasteiger partial charge in [-0.15, -0.1) is 11.3 Å². The van der Waals surface area contributed by atoms with Crippen molar-refractivity contribution >= 4 is 23.2 Å². The summed E-state index contributed by atoms with van der Waals surface area (Å²) in [5, 5.41) is 9.44. The fourth-order valence-electron chi connectivity index (χ4n) is 2.08. The Morgan fingerprint density at radius 3 is 2.43 bits per heavy atom. The lowest BCUT2D eigenvalue weighted by molar-refractivity contribution is -0.139. The lowest BCUT2D eigenvalue weighted by atomic mass is 10.2. The van der Waals surface area contributed by atoms with Crippen LogP contribution in [-0.2, 0) is 11.3 Å². The van der Waals surface area contributed by atoms with Crippen LogP contribution in [0.2, 0.25) is 0 Å². The third-order valence-corrected chi connectivity index (χ3v) is 4.21. The van der Waals surface area contributed by atoms with Gasteiger partial charge in [-0.2, -0.15) is 0 Å². The van der Waals surface area contributed by atoms with Gasteiger partial charge in [-0.3, -0.25) is 4.79 Å². The third kappa shape index (κ3) is 4.53. The molecule has 0 spiro atoms. The van der Waals surface area contributed by atoms with Crippen molar-refractivity contribution in [3.8, 4) is 5.75 Å². The molecule has 1 N–H and O–H groups in total. The minimum Gasteiger partial charge on any atom is -0.482 e. The van der Waals surface area contributed by atoms with Crippen molar-refractivity contribution in [1.82, 2.24) is 9.88 Å². The summed E-state index contributed by atoms with van der Waals surface area (Å²) in [5.41, 5.74) is 1.68. The van der Waals surface area contributed by atoms with E-state index in [9.17, 15) is 9.59 Å². The van der Waals surface area contributed by atoms with E-state index in [0.29, 0.717) is 17.2 Å². The van der Waals surface area contributed by atoms with Crippen molar-refractivity contribution < 1.29 is 19.4 Å². The number of hydrogen-bond acceptors (Lipinski definition) is 5. The number of amides is 1. The van der Waals surface area contributed by atoms with Gasteiger partial charge in [0.15, 0.2) is 6.61 Å². The summed E-state index contributed by atoms with van der Waals surface area (Å²) in [4.78, 5) is 29.4. The van der Waals surface area contributed by atoms with E-state index < -0.39 is 5.97 Å². The van der Waals surface area contributed by atoms with Gasteiger partial charge < -0.3 is 14.7 Å². The molecule has 0 aliphatic heterocycles. The van der Waals surface area contributed by atoms with Gasteiger partial charge in [0.2, 0.25) is 0 Å². The summed E-state index contributed by atoms with van der Waals surface area (Å²) in [6.45, 7) is 3.79. The van der Waals surface area contributed by atoms with Crippen LogP contribution < -0.4 is 4.74 Å². The van der Waals surface area contributed by atoms with E-state index in [4.69, 9.17) is 9.84 Å². The molecule has 7 heteroatoms. The summed E-state index contributed by atoms with van der Waals surface area (Å²) in [5.74, 6) is -0.590. The average Bonchev–Trinajstić information content (AvgIpc) is 2.84. The smallest absolute Gasteiger partial charge is 0.341 e. The fraction of sp³-hybridized carbons (Fsp3) is 0.312. The Labute approximate surface area is 138 Å². The number of nitrogens with zero attached hydrogens (tertiary/aromatic N) is 2. The highest BCUT2D eigenvalue weighted by atomic mass is 32.1. The molecule has 6 nitrogen and oxygen atoms in total. The third-order valence-electron chi connectivity index (χ3n) is 3.15. The molecule has 0 saturated heterocycles. The zero-order chi connectivity index (χ0) is 17.0. The Kier molecular flexibility index (Phi) is 5.33. The fourth-order valence-corrected chi connectivity index (χ4v) is 3.00. The lowest BCUT2D eigenvalue weighted by Gasteiger charge is -2.17.